The number of fused-ring (bicyclic) bond motifs is 9. The van der Waals surface area contributed by atoms with Crippen LogP contribution in [0.15, 0.2) is 176 Å². The molecule has 1 nitrogen and oxygen atoms in total. The molecule has 0 saturated carbocycles. The van der Waals surface area contributed by atoms with Gasteiger partial charge in [-0.25, -0.2) is 0 Å². The summed E-state index contributed by atoms with van der Waals surface area (Å²) in [6, 6.07) is 64.8. The standard InChI is InChI=1S/C48H29NS2/c1-3-12-30(13-4-1)32-22-24-43-39(26-32)35-16-7-9-19-42(35)49(43)44-20-11-18-37-41-29-34(28-38(47(41)51-48(37)44)31-14-5-2-6-15-31)33-23-25-46-40(27-33)36-17-8-10-21-45(36)50-46/h1-29H. The van der Waals surface area contributed by atoms with E-state index in [0.717, 1.165) is 0 Å². The summed E-state index contributed by atoms with van der Waals surface area (Å²) in [5.74, 6) is 0. The van der Waals surface area contributed by atoms with E-state index in [-0.39, 0.29) is 0 Å². The molecule has 0 fully saturated rings. The molecule has 3 aromatic heterocycles. The molecular formula is C48H29NS2. The van der Waals surface area contributed by atoms with Crippen LogP contribution < -0.4 is 0 Å². The van der Waals surface area contributed by atoms with Crippen LogP contribution in [0.5, 0.6) is 0 Å². The fourth-order valence-electron chi connectivity index (χ4n) is 8.01. The summed E-state index contributed by atoms with van der Waals surface area (Å²) in [5, 5.41) is 7.79. The molecule has 0 atom stereocenters. The fourth-order valence-corrected chi connectivity index (χ4v) is 10.4. The summed E-state index contributed by atoms with van der Waals surface area (Å²) < 4.78 is 7.77. The van der Waals surface area contributed by atoms with Crippen molar-refractivity contribution < 1.29 is 0 Å². The van der Waals surface area contributed by atoms with Crippen molar-refractivity contribution in [3.63, 3.8) is 0 Å². The Kier molecular flexibility index (Phi) is 6.36. The minimum absolute atomic E-state index is 1.22. The predicted octanol–water partition coefficient (Wildman–Crippen LogP) is 14.5. The zero-order chi connectivity index (χ0) is 33.5. The molecule has 0 radical (unpaired) electrons. The summed E-state index contributed by atoms with van der Waals surface area (Å²) in [4.78, 5) is 0. The molecule has 3 heteroatoms. The van der Waals surface area contributed by atoms with Crippen molar-refractivity contribution in [2.24, 2.45) is 0 Å². The van der Waals surface area contributed by atoms with E-state index < -0.39 is 0 Å². The molecule has 0 N–H and O–H groups in total. The minimum atomic E-state index is 1.22. The molecule has 0 aliphatic rings. The van der Waals surface area contributed by atoms with Gasteiger partial charge in [-0.2, -0.15) is 0 Å². The van der Waals surface area contributed by atoms with Crippen LogP contribution in [0, 0.1) is 0 Å². The van der Waals surface area contributed by atoms with Crippen molar-refractivity contribution in [3.05, 3.63) is 176 Å². The molecule has 0 amide bonds. The van der Waals surface area contributed by atoms with E-state index in [2.05, 4.69) is 180 Å². The fraction of sp³-hybridized carbons (Fsp3) is 0. The van der Waals surface area contributed by atoms with E-state index in [4.69, 9.17) is 0 Å². The van der Waals surface area contributed by atoms with Gasteiger partial charge in [0.05, 0.1) is 21.4 Å². The topological polar surface area (TPSA) is 4.93 Å². The molecule has 0 bridgehead atoms. The number of aromatic nitrogens is 1. The summed E-state index contributed by atoms with van der Waals surface area (Å²) in [6.45, 7) is 0. The Labute approximate surface area is 302 Å². The first-order chi connectivity index (χ1) is 25.3. The quantitative estimate of drug-likeness (QED) is 0.174. The maximum absolute atomic E-state index is 2.48. The van der Waals surface area contributed by atoms with E-state index in [1.807, 2.05) is 22.7 Å². The molecule has 11 aromatic rings. The SMILES string of the molecule is c1ccc(-c2ccc3c(c2)c2ccccc2n3-c2cccc3c2sc2c(-c4ccccc4)cc(-c4ccc5sc6ccccc6c5c4)cc23)cc1. The monoisotopic (exact) mass is 683 g/mol. The maximum atomic E-state index is 2.48. The number of para-hydroxylation sites is 1. The van der Waals surface area contributed by atoms with Crippen LogP contribution >= 0.6 is 22.7 Å². The summed E-state index contributed by atoms with van der Waals surface area (Å²) >= 11 is 3.79. The van der Waals surface area contributed by atoms with Crippen molar-refractivity contribution >= 4 is 84.8 Å². The molecule has 11 rings (SSSR count). The van der Waals surface area contributed by atoms with Gasteiger partial charge in [0, 0.05) is 52.0 Å². The van der Waals surface area contributed by atoms with Crippen molar-refractivity contribution in [1.29, 1.82) is 0 Å². The lowest BCUT2D eigenvalue weighted by Crippen LogP contribution is -1.93. The summed E-state index contributed by atoms with van der Waals surface area (Å²) in [7, 11) is 0. The van der Waals surface area contributed by atoms with Crippen molar-refractivity contribution in [2.75, 3.05) is 0 Å². The second kappa shape index (κ2) is 11.3. The van der Waals surface area contributed by atoms with Crippen molar-refractivity contribution in [3.8, 4) is 39.1 Å². The average molecular weight is 684 g/mol. The normalized spacial score (nSPS) is 11.9. The van der Waals surface area contributed by atoms with Gasteiger partial charge in [-0.05, 0) is 82.4 Å². The lowest BCUT2D eigenvalue weighted by molar-refractivity contribution is 1.20. The van der Waals surface area contributed by atoms with Gasteiger partial charge in [-0.15, -0.1) is 22.7 Å². The number of benzene rings is 8. The highest BCUT2D eigenvalue weighted by Gasteiger charge is 2.20. The second-order valence-electron chi connectivity index (χ2n) is 13.3. The predicted molar refractivity (Wildman–Crippen MR) is 223 cm³/mol. The Balaban J connectivity index is 1.18. The number of hydrogen-bond donors (Lipinski definition) is 0. The summed E-state index contributed by atoms with van der Waals surface area (Å²) in [5.41, 5.74) is 11.2. The van der Waals surface area contributed by atoms with Crippen LogP contribution in [0.3, 0.4) is 0 Å². The molecule has 238 valence electrons. The van der Waals surface area contributed by atoms with E-state index in [0.29, 0.717) is 0 Å². The molecule has 0 aliphatic heterocycles. The van der Waals surface area contributed by atoms with Gasteiger partial charge in [-0.3, -0.25) is 0 Å². The first-order valence-corrected chi connectivity index (χ1v) is 19.0. The molecule has 0 spiro atoms. The van der Waals surface area contributed by atoms with Gasteiger partial charge in [0.1, 0.15) is 0 Å². The third kappa shape index (κ3) is 4.45. The Hall–Kier alpha value is -6.00. The van der Waals surface area contributed by atoms with Crippen LogP contribution in [-0.2, 0) is 0 Å². The molecule has 0 aliphatic carbocycles. The highest BCUT2D eigenvalue weighted by molar-refractivity contribution is 7.27. The Morgan fingerprint density at radius 1 is 0.314 bits per heavy atom. The summed E-state index contributed by atoms with van der Waals surface area (Å²) in [6.07, 6.45) is 0. The lowest BCUT2D eigenvalue weighted by atomic mass is 9.95. The first kappa shape index (κ1) is 28.8. The zero-order valence-electron chi connectivity index (χ0n) is 27.5. The van der Waals surface area contributed by atoms with Gasteiger partial charge in [0.25, 0.3) is 0 Å². The highest BCUT2D eigenvalue weighted by Crippen LogP contribution is 2.47. The molecule has 0 unspecified atom stereocenters. The van der Waals surface area contributed by atoms with Crippen molar-refractivity contribution in [1.82, 2.24) is 4.57 Å². The molecule has 0 saturated heterocycles. The van der Waals surface area contributed by atoms with E-state index in [1.165, 1.54) is 101 Å². The smallest absolute Gasteiger partial charge is 0.0640 e. The number of nitrogens with zero attached hydrogens (tertiary/aromatic N) is 1. The van der Waals surface area contributed by atoms with Crippen LogP contribution in [0.4, 0.5) is 0 Å². The lowest BCUT2D eigenvalue weighted by Gasteiger charge is -2.10. The Morgan fingerprint density at radius 2 is 0.941 bits per heavy atom. The molecule has 3 heterocycles. The minimum Gasteiger partial charge on any atom is -0.308 e. The molecule has 8 aromatic carbocycles. The number of rotatable bonds is 4. The number of hydrogen-bond acceptors (Lipinski definition) is 2. The van der Waals surface area contributed by atoms with Crippen LogP contribution in [0.25, 0.3) is 101 Å². The largest absolute Gasteiger partial charge is 0.308 e. The average Bonchev–Trinajstić information content (AvgIpc) is 3.87. The van der Waals surface area contributed by atoms with Gasteiger partial charge in [0.2, 0.25) is 0 Å². The van der Waals surface area contributed by atoms with Gasteiger partial charge in [-0.1, -0.05) is 121 Å². The molecule has 51 heavy (non-hydrogen) atoms. The third-order valence-electron chi connectivity index (χ3n) is 10.4. The van der Waals surface area contributed by atoms with E-state index >= 15 is 0 Å². The second-order valence-corrected chi connectivity index (χ2v) is 15.4. The third-order valence-corrected chi connectivity index (χ3v) is 12.8. The van der Waals surface area contributed by atoms with Crippen molar-refractivity contribution in [2.45, 2.75) is 0 Å². The maximum Gasteiger partial charge on any atom is 0.0640 e. The van der Waals surface area contributed by atoms with Crippen LogP contribution in [0.1, 0.15) is 0 Å². The van der Waals surface area contributed by atoms with Crippen LogP contribution in [-0.4, -0.2) is 4.57 Å². The van der Waals surface area contributed by atoms with Gasteiger partial charge in [0.15, 0.2) is 0 Å². The Bertz CT molecular complexity index is 3130. The molecular weight excluding hydrogens is 655 g/mol. The number of thiophene rings is 2. The first-order valence-electron chi connectivity index (χ1n) is 17.3. The zero-order valence-corrected chi connectivity index (χ0v) is 29.1. The highest BCUT2D eigenvalue weighted by atomic mass is 32.1. The van der Waals surface area contributed by atoms with E-state index in [9.17, 15) is 0 Å². The van der Waals surface area contributed by atoms with Gasteiger partial charge >= 0.3 is 0 Å². The Morgan fingerprint density at radius 3 is 1.80 bits per heavy atom. The van der Waals surface area contributed by atoms with Gasteiger partial charge < -0.3 is 4.57 Å². The van der Waals surface area contributed by atoms with Crippen LogP contribution in [0.2, 0.25) is 0 Å². The van der Waals surface area contributed by atoms with E-state index in [1.54, 1.807) is 0 Å².